The molecule has 0 saturated heterocycles. The Hall–Kier alpha value is -2.17. The molecule has 4 rings (SSSR count). The van der Waals surface area contributed by atoms with Gasteiger partial charge < -0.3 is 0 Å². The molecule has 0 unspecified atom stereocenters. The fourth-order valence-electron chi connectivity index (χ4n) is 4.05. The maximum Gasteiger partial charge on any atom is 0.280 e. The summed E-state index contributed by atoms with van der Waals surface area (Å²) in [4.78, 5) is 36.8. The second kappa shape index (κ2) is 4.41. The highest BCUT2D eigenvalue weighted by Gasteiger charge is 2.45. The average Bonchev–Trinajstić information content (AvgIpc) is 3.18. The van der Waals surface area contributed by atoms with E-state index in [9.17, 15) is 14.4 Å². The van der Waals surface area contributed by atoms with Crippen molar-refractivity contribution in [1.82, 2.24) is 10.4 Å². The van der Waals surface area contributed by atoms with E-state index in [1.54, 1.807) is 24.3 Å². The van der Waals surface area contributed by atoms with Crippen molar-refractivity contribution in [3.63, 3.8) is 0 Å². The van der Waals surface area contributed by atoms with Gasteiger partial charge in [-0.3, -0.25) is 19.8 Å². The van der Waals surface area contributed by atoms with E-state index in [1.165, 1.54) is 6.42 Å². The molecule has 0 aromatic heterocycles. The quantitative estimate of drug-likeness (QED) is 0.841. The second-order valence-corrected chi connectivity index (χ2v) is 6.25. The van der Waals surface area contributed by atoms with E-state index in [0.717, 1.165) is 24.3 Å². The number of hydrogen-bond acceptors (Lipinski definition) is 3. The molecule has 5 heteroatoms. The van der Waals surface area contributed by atoms with Crippen LogP contribution in [-0.4, -0.2) is 22.7 Å². The Morgan fingerprint density at radius 3 is 2.24 bits per heavy atom. The predicted octanol–water partition coefficient (Wildman–Crippen LogP) is 1.75. The lowest BCUT2D eigenvalue weighted by molar-refractivity contribution is -0.129. The Balaban J connectivity index is 1.52. The van der Waals surface area contributed by atoms with Crippen LogP contribution in [0.4, 0.5) is 0 Å². The van der Waals surface area contributed by atoms with Crippen molar-refractivity contribution in [2.75, 3.05) is 0 Å². The van der Waals surface area contributed by atoms with Gasteiger partial charge in [-0.2, -0.15) is 5.01 Å². The van der Waals surface area contributed by atoms with Crippen molar-refractivity contribution < 1.29 is 14.4 Å². The van der Waals surface area contributed by atoms with E-state index < -0.39 is 11.8 Å². The highest BCUT2D eigenvalue weighted by Crippen LogP contribution is 2.48. The van der Waals surface area contributed by atoms with Crippen molar-refractivity contribution >= 4 is 17.7 Å². The molecule has 0 spiro atoms. The summed E-state index contributed by atoms with van der Waals surface area (Å²) in [6.45, 7) is 0. The fourth-order valence-corrected chi connectivity index (χ4v) is 4.05. The molecular formula is C16H16N2O3. The third kappa shape index (κ3) is 1.80. The molecule has 108 valence electrons. The smallest absolute Gasteiger partial charge is 0.273 e. The number of nitrogens with one attached hydrogen (secondary N) is 1. The molecule has 3 amide bonds. The Labute approximate surface area is 122 Å². The van der Waals surface area contributed by atoms with Crippen molar-refractivity contribution in [2.45, 2.75) is 25.7 Å². The lowest BCUT2D eigenvalue weighted by Crippen LogP contribution is -2.48. The van der Waals surface area contributed by atoms with E-state index in [-0.39, 0.29) is 11.8 Å². The standard InChI is InChI=1S/C16H16N2O3/c19-14(13-8-9-5-6-10(13)7-9)17-18-15(20)11-3-1-2-4-12(11)16(18)21/h1-4,9-10,13H,5-8H2,(H,17,19)/t9-,10+,13+/m1/s1. The fraction of sp³-hybridized carbons (Fsp3) is 0.438. The maximum absolute atomic E-state index is 12.4. The molecule has 5 nitrogen and oxygen atoms in total. The minimum absolute atomic E-state index is 0.0481. The summed E-state index contributed by atoms with van der Waals surface area (Å²) in [6, 6.07) is 6.65. The SMILES string of the molecule is O=C(NN1C(=O)c2ccccc2C1=O)[C@H]1C[C@@H]2CC[C@H]1C2. The first-order valence-electron chi connectivity index (χ1n) is 7.43. The van der Waals surface area contributed by atoms with E-state index in [2.05, 4.69) is 5.43 Å². The third-order valence-electron chi connectivity index (χ3n) is 5.09. The monoisotopic (exact) mass is 284 g/mol. The van der Waals surface area contributed by atoms with Crippen LogP contribution in [0.25, 0.3) is 0 Å². The number of carbonyl (C=O) groups excluding carboxylic acids is 3. The molecule has 2 bridgehead atoms. The first-order chi connectivity index (χ1) is 10.1. The van der Waals surface area contributed by atoms with E-state index >= 15 is 0 Å². The number of amides is 3. The normalized spacial score (nSPS) is 29.9. The topological polar surface area (TPSA) is 66.5 Å². The van der Waals surface area contributed by atoms with Crippen LogP contribution in [0.2, 0.25) is 0 Å². The lowest BCUT2D eigenvalue weighted by Gasteiger charge is -2.23. The zero-order valence-electron chi connectivity index (χ0n) is 11.5. The Bertz CT molecular complexity index is 620. The zero-order valence-corrected chi connectivity index (χ0v) is 11.5. The van der Waals surface area contributed by atoms with Gasteiger partial charge in [0.25, 0.3) is 11.8 Å². The van der Waals surface area contributed by atoms with Crippen LogP contribution in [-0.2, 0) is 4.79 Å². The Morgan fingerprint density at radius 2 is 1.71 bits per heavy atom. The zero-order chi connectivity index (χ0) is 14.6. The molecular weight excluding hydrogens is 268 g/mol. The van der Waals surface area contributed by atoms with Gasteiger partial charge >= 0.3 is 0 Å². The maximum atomic E-state index is 12.4. The molecule has 2 aliphatic carbocycles. The van der Waals surface area contributed by atoms with Crippen LogP contribution in [0.1, 0.15) is 46.4 Å². The van der Waals surface area contributed by atoms with Gasteiger partial charge in [-0.25, -0.2) is 0 Å². The van der Waals surface area contributed by atoms with E-state index in [4.69, 9.17) is 0 Å². The first kappa shape index (κ1) is 12.6. The molecule has 3 atom stereocenters. The van der Waals surface area contributed by atoms with Crippen molar-refractivity contribution in [3.8, 4) is 0 Å². The van der Waals surface area contributed by atoms with Gasteiger partial charge in [0.1, 0.15) is 0 Å². The molecule has 1 aromatic rings. The molecule has 1 aliphatic heterocycles. The van der Waals surface area contributed by atoms with Crippen LogP contribution in [0.5, 0.6) is 0 Å². The first-order valence-corrected chi connectivity index (χ1v) is 7.43. The summed E-state index contributed by atoms with van der Waals surface area (Å²) < 4.78 is 0. The molecule has 2 fully saturated rings. The van der Waals surface area contributed by atoms with Gasteiger partial charge in [0, 0.05) is 5.92 Å². The van der Waals surface area contributed by atoms with Crippen molar-refractivity contribution in [1.29, 1.82) is 0 Å². The summed E-state index contributed by atoms with van der Waals surface area (Å²) in [5.74, 6) is -0.0397. The van der Waals surface area contributed by atoms with E-state index in [1.807, 2.05) is 0 Å². The molecule has 1 aromatic carbocycles. The number of benzene rings is 1. The number of nitrogens with zero attached hydrogens (tertiary/aromatic N) is 1. The number of carbonyl (C=O) groups is 3. The third-order valence-corrected chi connectivity index (χ3v) is 5.09. The Kier molecular flexibility index (Phi) is 2.64. The minimum Gasteiger partial charge on any atom is -0.273 e. The number of rotatable bonds is 2. The van der Waals surface area contributed by atoms with Gasteiger partial charge in [-0.05, 0) is 43.2 Å². The van der Waals surface area contributed by atoms with Crippen LogP contribution in [0, 0.1) is 17.8 Å². The summed E-state index contributed by atoms with van der Waals surface area (Å²) >= 11 is 0. The van der Waals surface area contributed by atoms with Gasteiger partial charge in [0.15, 0.2) is 0 Å². The highest BCUT2D eigenvalue weighted by atomic mass is 16.2. The van der Waals surface area contributed by atoms with Gasteiger partial charge in [0.2, 0.25) is 5.91 Å². The molecule has 2 saturated carbocycles. The molecule has 21 heavy (non-hydrogen) atoms. The van der Waals surface area contributed by atoms with Gasteiger partial charge in [-0.15, -0.1) is 0 Å². The molecule has 1 N–H and O–H groups in total. The van der Waals surface area contributed by atoms with Gasteiger partial charge in [-0.1, -0.05) is 18.6 Å². The molecule has 1 heterocycles. The summed E-state index contributed by atoms with van der Waals surface area (Å²) in [5, 5.41) is 0.874. The van der Waals surface area contributed by atoms with Crippen LogP contribution in [0.3, 0.4) is 0 Å². The average molecular weight is 284 g/mol. The molecule has 0 radical (unpaired) electrons. The van der Waals surface area contributed by atoms with Crippen LogP contribution in [0.15, 0.2) is 24.3 Å². The highest BCUT2D eigenvalue weighted by molar-refractivity contribution is 6.21. The van der Waals surface area contributed by atoms with Gasteiger partial charge in [0.05, 0.1) is 11.1 Å². The predicted molar refractivity (Wildman–Crippen MR) is 74.0 cm³/mol. The summed E-state index contributed by atoms with van der Waals surface area (Å²) in [7, 11) is 0. The number of hydrazine groups is 1. The van der Waals surface area contributed by atoms with E-state index in [0.29, 0.717) is 23.0 Å². The largest absolute Gasteiger partial charge is 0.280 e. The van der Waals surface area contributed by atoms with Crippen molar-refractivity contribution in [2.24, 2.45) is 17.8 Å². The number of fused-ring (bicyclic) bond motifs is 3. The van der Waals surface area contributed by atoms with Crippen LogP contribution < -0.4 is 5.43 Å². The minimum atomic E-state index is -0.438. The van der Waals surface area contributed by atoms with Crippen molar-refractivity contribution in [3.05, 3.63) is 35.4 Å². The summed E-state index contributed by atoms with van der Waals surface area (Å²) in [6.07, 6.45) is 4.30. The number of imide groups is 1. The number of hydrogen-bond donors (Lipinski definition) is 1. The summed E-state index contributed by atoms with van der Waals surface area (Å²) in [5.41, 5.74) is 3.26. The lowest BCUT2D eigenvalue weighted by atomic mass is 9.88. The van der Waals surface area contributed by atoms with Crippen LogP contribution >= 0.6 is 0 Å². The Morgan fingerprint density at radius 1 is 1.05 bits per heavy atom. The molecule has 3 aliphatic rings. The second-order valence-electron chi connectivity index (χ2n) is 6.25.